The molecule has 0 saturated carbocycles. The topological polar surface area (TPSA) is 74.6 Å². The summed E-state index contributed by atoms with van der Waals surface area (Å²) in [6.45, 7) is 2.95. The molecule has 0 heterocycles. The fraction of sp³-hybridized carbons (Fsp3) is 0.571. The van der Waals surface area contributed by atoms with E-state index in [4.69, 9.17) is 0 Å². The molecule has 1 aromatic rings. The molecule has 0 amide bonds. The normalized spacial score (nSPS) is 12.6. The van der Waals surface area contributed by atoms with Gasteiger partial charge in [0.1, 0.15) is 9.84 Å². The lowest BCUT2D eigenvalue weighted by Gasteiger charge is -2.31. The molecule has 0 spiro atoms. The van der Waals surface area contributed by atoms with Crippen LogP contribution >= 0.6 is 0 Å². The van der Waals surface area contributed by atoms with Gasteiger partial charge in [-0.3, -0.25) is 0 Å². The third kappa shape index (κ3) is 3.78. The molecule has 0 aliphatic carbocycles. The van der Waals surface area contributed by atoms with Crippen molar-refractivity contribution in [3.8, 4) is 0 Å². The monoisotopic (exact) mass is 286 g/mol. The first-order valence-electron chi connectivity index (χ1n) is 6.39. The van der Waals surface area contributed by atoms with Gasteiger partial charge in [0.25, 0.3) is 0 Å². The smallest absolute Gasteiger partial charge is 0.150 e. The van der Waals surface area contributed by atoms with Crippen molar-refractivity contribution in [3.63, 3.8) is 0 Å². The maximum absolute atomic E-state index is 11.6. The predicted molar refractivity (Wildman–Crippen MR) is 76.0 cm³/mol. The lowest BCUT2D eigenvalue weighted by Crippen LogP contribution is -2.37. The minimum absolute atomic E-state index is 0.0288. The average molecular weight is 286 g/mol. The Kier molecular flexibility index (Phi) is 5.52. The molecular weight excluding hydrogens is 264 g/mol. The summed E-state index contributed by atoms with van der Waals surface area (Å²) in [5.74, 6) is 0.0483. The fourth-order valence-corrected chi connectivity index (χ4v) is 3.17. The van der Waals surface area contributed by atoms with E-state index < -0.39 is 15.3 Å². The summed E-state index contributed by atoms with van der Waals surface area (Å²) in [5, 5.41) is 19.3. The molecular formula is C14H22O4S. The number of hydrogen-bond acceptors (Lipinski definition) is 4. The van der Waals surface area contributed by atoms with Gasteiger partial charge >= 0.3 is 0 Å². The van der Waals surface area contributed by atoms with E-state index in [0.717, 1.165) is 11.1 Å². The average Bonchev–Trinajstić information content (AvgIpc) is 2.42. The van der Waals surface area contributed by atoms with Crippen molar-refractivity contribution in [1.29, 1.82) is 0 Å². The van der Waals surface area contributed by atoms with E-state index in [2.05, 4.69) is 0 Å². The summed E-state index contributed by atoms with van der Waals surface area (Å²) in [7, 11) is -3.12. The number of hydrogen-bond donors (Lipinski definition) is 2. The van der Waals surface area contributed by atoms with E-state index in [1.54, 1.807) is 6.92 Å². The van der Waals surface area contributed by atoms with Crippen LogP contribution in [0.25, 0.3) is 0 Å². The van der Waals surface area contributed by atoms with Crippen molar-refractivity contribution in [2.75, 3.05) is 24.7 Å². The number of aryl methyl sites for hydroxylation is 1. The zero-order chi connectivity index (χ0) is 14.5. The van der Waals surface area contributed by atoms with Gasteiger partial charge < -0.3 is 10.2 Å². The highest BCUT2D eigenvalue weighted by Crippen LogP contribution is 2.30. The Morgan fingerprint density at radius 1 is 1.16 bits per heavy atom. The Hall–Kier alpha value is -0.910. The predicted octanol–water partition coefficient (Wildman–Crippen LogP) is 1.04. The van der Waals surface area contributed by atoms with Crippen LogP contribution in [-0.4, -0.2) is 43.4 Å². The quantitative estimate of drug-likeness (QED) is 0.785. The van der Waals surface area contributed by atoms with Gasteiger partial charge in [0.15, 0.2) is 0 Å². The van der Waals surface area contributed by atoms with E-state index >= 15 is 0 Å². The molecule has 19 heavy (non-hydrogen) atoms. The lowest BCUT2D eigenvalue weighted by molar-refractivity contribution is 0.113. The minimum Gasteiger partial charge on any atom is -0.395 e. The molecule has 108 valence electrons. The van der Waals surface area contributed by atoms with Gasteiger partial charge in [0.2, 0.25) is 0 Å². The Labute approximate surface area is 115 Å². The zero-order valence-electron chi connectivity index (χ0n) is 11.5. The van der Waals surface area contributed by atoms with Gasteiger partial charge in [-0.15, -0.1) is 0 Å². The Balaban J connectivity index is 3.08. The molecule has 0 atom stereocenters. The Morgan fingerprint density at radius 2 is 1.74 bits per heavy atom. The van der Waals surface area contributed by atoms with Crippen molar-refractivity contribution in [2.24, 2.45) is 0 Å². The van der Waals surface area contributed by atoms with Gasteiger partial charge in [-0.25, -0.2) is 8.42 Å². The molecule has 0 saturated heterocycles. The SMILES string of the molecule is CCS(=O)(=O)CCC(CO)(CO)c1ccccc1C. The van der Waals surface area contributed by atoms with Crippen LogP contribution in [0.3, 0.4) is 0 Å². The first-order valence-corrected chi connectivity index (χ1v) is 8.21. The largest absolute Gasteiger partial charge is 0.395 e. The van der Waals surface area contributed by atoms with Crippen molar-refractivity contribution in [1.82, 2.24) is 0 Å². The molecule has 0 unspecified atom stereocenters. The van der Waals surface area contributed by atoms with E-state index in [-0.39, 0.29) is 31.1 Å². The van der Waals surface area contributed by atoms with Gasteiger partial charge in [0, 0.05) is 11.2 Å². The van der Waals surface area contributed by atoms with Crippen LogP contribution in [-0.2, 0) is 15.3 Å². The van der Waals surface area contributed by atoms with Crippen LogP contribution in [0.2, 0.25) is 0 Å². The maximum atomic E-state index is 11.6. The van der Waals surface area contributed by atoms with Gasteiger partial charge in [-0.1, -0.05) is 31.2 Å². The second-order valence-corrected chi connectivity index (χ2v) is 7.37. The summed E-state index contributed by atoms with van der Waals surface area (Å²) in [6, 6.07) is 7.43. The second kappa shape index (κ2) is 6.50. The molecule has 5 heteroatoms. The van der Waals surface area contributed by atoms with Crippen LogP contribution in [0.15, 0.2) is 24.3 Å². The number of aliphatic hydroxyl groups is 2. The first-order chi connectivity index (χ1) is 8.90. The molecule has 1 aromatic carbocycles. The summed E-state index contributed by atoms with van der Waals surface area (Å²) < 4.78 is 23.3. The fourth-order valence-electron chi connectivity index (χ4n) is 2.18. The highest BCUT2D eigenvalue weighted by molar-refractivity contribution is 7.91. The molecule has 0 aliphatic rings. The zero-order valence-corrected chi connectivity index (χ0v) is 12.3. The van der Waals surface area contributed by atoms with Gasteiger partial charge in [0.05, 0.1) is 19.0 Å². The summed E-state index contributed by atoms with van der Waals surface area (Å²) in [5.41, 5.74) is 0.860. The van der Waals surface area contributed by atoms with Crippen LogP contribution < -0.4 is 0 Å². The highest BCUT2D eigenvalue weighted by atomic mass is 32.2. The molecule has 1 rings (SSSR count). The van der Waals surface area contributed by atoms with E-state index in [1.807, 2.05) is 31.2 Å². The third-order valence-corrected chi connectivity index (χ3v) is 5.36. The first kappa shape index (κ1) is 16.1. The molecule has 0 radical (unpaired) electrons. The van der Waals surface area contributed by atoms with Crippen LogP contribution in [0.1, 0.15) is 24.5 Å². The number of benzene rings is 1. The van der Waals surface area contributed by atoms with Crippen LogP contribution in [0.5, 0.6) is 0 Å². The summed E-state index contributed by atoms with van der Waals surface area (Å²) in [4.78, 5) is 0. The molecule has 2 N–H and O–H groups in total. The molecule has 0 bridgehead atoms. The maximum Gasteiger partial charge on any atom is 0.150 e. The Bertz CT molecular complexity index is 504. The highest BCUT2D eigenvalue weighted by Gasteiger charge is 2.33. The van der Waals surface area contributed by atoms with E-state index in [9.17, 15) is 18.6 Å². The number of rotatable bonds is 7. The van der Waals surface area contributed by atoms with Crippen molar-refractivity contribution in [2.45, 2.75) is 25.7 Å². The molecule has 0 aliphatic heterocycles. The third-order valence-electron chi connectivity index (χ3n) is 3.65. The summed E-state index contributed by atoms with van der Waals surface area (Å²) >= 11 is 0. The van der Waals surface area contributed by atoms with Crippen molar-refractivity contribution in [3.05, 3.63) is 35.4 Å². The molecule has 0 fully saturated rings. The Morgan fingerprint density at radius 3 is 2.21 bits per heavy atom. The van der Waals surface area contributed by atoms with E-state index in [1.165, 1.54) is 0 Å². The minimum atomic E-state index is -3.12. The lowest BCUT2D eigenvalue weighted by atomic mass is 9.77. The van der Waals surface area contributed by atoms with Crippen LogP contribution in [0, 0.1) is 6.92 Å². The van der Waals surface area contributed by atoms with Crippen LogP contribution in [0.4, 0.5) is 0 Å². The molecule has 4 nitrogen and oxygen atoms in total. The number of sulfone groups is 1. The van der Waals surface area contributed by atoms with Crippen molar-refractivity contribution >= 4 is 9.84 Å². The molecule has 0 aromatic heterocycles. The standard InChI is InChI=1S/C14H22O4S/c1-3-19(17,18)9-8-14(10-15,11-16)13-7-5-4-6-12(13)2/h4-7,15-16H,3,8-11H2,1-2H3. The van der Waals surface area contributed by atoms with Gasteiger partial charge in [-0.05, 0) is 24.5 Å². The summed E-state index contributed by atoms with van der Waals surface area (Å²) in [6.07, 6.45) is 0.223. The van der Waals surface area contributed by atoms with Crippen molar-refractivity contribution < 1.29 is 18.6 Å². The second-order valence-electron chi connectivity index (χ2n) is 4.90. The van der Waals surface area contributed by atoms with E-state index in [0.29, 0.717) is 0 Å². The van der Waals surface area contributed by atoms with Gasteiger partial charge in [-0.2, -0.15) is 0 Å². The number of aliphatic hydroxyl groups excluding tert-OH is 2.